The van der Waals surface area contributed by atoms with Crippen LogP contribution >= 0.6 is 0 Å². The Bertz CT molecular complexity index is 944. The van der Waals surface area contributed by atoms with E-state index in [4.69, 9.17) is 9.47 Å². The molecule has 1 saturated carbocycles. The maximum Gasteiger partial charge on any atom is 0.315 e. The van der Waals surface area contributed by atoms with E-state index in [2.05, 4.69) is 29.8 Å². The Morgan fingerprint density at radius 3 is 3.00 bits per heavy atom. The highest BCUT2D eigenvalue weighted by Crippen LogP contribution is 2.76. The van der Waals surface area contributed by atoms with Gasteiger partial charge in [-0.2, -0.15) is 0 Å². The number of allylic oxidation sites excluding steroid dienone is 1. The minimum Gasteiger partial charge on any atom is -0.508 e. The summed E-state index contributed by atoms with van der Waals surface area (Å²) in [7, 11) is 3.58. The number of piperidine rings is 2. The average Bonchev–Trinajstić information content (AvgIpc) is 3.08. The molecule has 148 valence electrons. The van der Waals surface area contributed by atoms with Crippen LogP contribution in [0, 0.1) is 11.3 Å². The summed E-state index contributed by atoms with van der Waals surface area (Å²) in [6.45, 7) is 4.25. The van der Waals surface area contributed by atoms with E-state index in [9.17, 15) is 9.90 Å². The predicted octanol–water partition coefficient (Wildman–Crippen LogP) is 2.02. The monoisotopic (exact) mass is 382 g/mol. The summed E-state index contributed by atoms with van der Waals surface area (Å²) >= 11 is 0. The minimum atomic E-state index is -0.764. The number of carbonyl (C=O) groups excluding carboxylic acids is 1. The Kier molecular flexibility index (Phi) is 2.96. The minimum absolute atomic E-state index is 0.101. The summed E-state index contributed by atoms with van der Waals surface area (Å²) in [5.74, 6) is 0.170. The van der Waals surface area contributed by atoms with Gasteiger partial charge >= 0.3 is 5.97 Å². The fourth-order valence-corrected chi connectivity index (χ4v) is 7.78. The number of ether oxygens (including phenoxy) is 2. The number of fused-ring (bicyclic) bond motifs is 3. The van der Waals surface area contributed by atoms with Crippen LogP contribution in [0.5, 0.6) is 5.75 Å². The molecule has 2 unspecified atom stereocenters. The molecule has 1 aromatic carbocycles. The number of phenolic OH excluding ortho intramolecular Hbond substituents is 1. The summed E-state index contributed by atoms with van der Waals surface area (Å²) in [6.07, 6.45) is 3.92. The molecule has 3 saturated heterocycles. The topological polar surface area (TPSA) is 62.2 Å². The van der Waals surface area contributed by atoms with Gasteiger partial charge in [-0.05, 0) is 43.5 Å². The Labute approximate surface area is 164 Å². The molecule has 0 spiro atoms. The highest BCUT2D eigenvalue weighted by atomic mass is 16.6. The van der Waals surface area contributed by atoms with E-state index in [0.29, 0.717) is 6.61 Å². The van der Waals surface area contributed by atoms with Gasteiger partial charge in [0.25, 0.3) is 0 Å². The second kappa shape index (κ2) is 4.92. The van der Waals surface area contributed by atoms with E-state index < -0.39 is 16.6 Å². The molecule has 1 aliphatic carbocycles. The van der Waals surface area contributed by atoms with Gasteiger partial charge in [-0.25, -0.2) is 0 Å². The molecule has 6 rings (SSSR count). The van der Waals surface area contributed by atoms with E-state index in [0.717, 1.165) is 37.2 Å². The van der Waals surface area contributed by atoms with Crippen molar-refractivity contribution in [3.05, 3.63) is 35.4 Å². The Hall–Kier alpha value is -2.05. The molecule has 0 aromatic heterocycles. The molecule has 28 heavy (non-hydrogen) atoms. The van der Waals surface area contributed by atoms with E-state index in [1.807, 2.05) is 12.1 Å². The molecule has 5 atom stereocenters. The number of hydrogen-bond acceptors (Lipinski definition) is 6. The summed E-state index contributed by atoms with van der Waals surface area (Å²) in [5, 5.41) is 10.4. The van der Waals surface area contributed by atoms with Crippen LogP contribution in [0.1, 0.15) is 25.3 Å². The normalized spacial score (nSPS) is 44.0. The van der Waals surface area contributed by atoms with Gasteiger partial charge in [-0.1, -0.05) is 11.6 Å². The molecule has 1 aromatic rings. The molecule has 6 nitrogen and oxygen atoms in total. The molecule has 0 radical (unpaired) electrons. The van der Waals surface area contributed by atoms with Crippen molar-refractivity contribution in [1.82, 2.24) is 4.90 Å². The van der Waals surface area contributed by atoms with E-state index in [-0.39, 0.29) is 23.7 Å². The van der Waals surface area contributed by atoms with Gasteiger partial charge < -0.3 is 19.5 Å². The van der Waals surface area contributed by atoms with Crippen molar-refractivity contribution < 1.29 is 19.4 Å². The van der Waals surface area contributed by atoms with Crippen LogP contribution < -0.4 is 4.90 Å². The highest BCUT2D eigenvalue weighted by Gasteiger charge is 2.86. The zero-order valence-corrected chi connectivity index (χ0v) is 16.6. The number of carbonyl (C=O) groups is 1. The number of benzene rings is 1. The van der Waals surface area contributed by atoms with Crippen molar-refractivity contribution in [3.8, 4) is 5.75 Å². The number of hydrogen-bond donors (Lipinski definition) is 1. The maximum absolute atomic E-state index is 13.6. The molecule has 4 aliphatic heterocycles. The molecular weight excluding hydrogens is 356 g/mol. The third kappa shape index (κ3) is 1.37. The van der Waals surface area contributed by atoms with Crippen molar-refractivity contribution in [2.75, 3.05) is 38.8 Å². The number of anilines is 1. The van der Waals surface area contributed by atoms with Gasteiger partial charge in [0.15, 0.2) is 5.72 Å². The van der Waals surface area contributed by atoms with Gasteiger partial charge in [0.2, 0.25) is 0 Å². The summed E-state index contributed by atoms with van der Waals surface area (Å²) < 4.78 is 12.2. The first-order valence-corrected chi connectivity index (χ1v) is 10.2. The van der Waals surface area contributed by atoms with Gasteiger partial charge in [0, 0.05) is 31.7 Å². The molecular formula is C22H26N2O4. The zero-order valence-electron chi connectivity index (χ0n) is 16.6. The van der Waals surface area contributed by atoms with Crippen LogP contribution in [0.15, 0.2) is 29.8 Å². The van der Waals surface area contributed by atoms with Crippen LogP contribution in [-0.2, 0) is 19.7 Å². The van der Waals surface area contributed by atoms with Crippen molar-refractivity contribution in [3.63, 3.8) is 0 Å². The highest BCUT2D eigenvalue weighted by molar-refractivity contribution is 5.86. The van der Waals surface area contributed by atoms with Gasteiger partial charge in [0.1, 0.15) is 11.2 Å². The Balaban J connectivity index is 1.75. The summed E-state index contributed by atoms with van der Waals surface area (Å²) in [5.41, 5.74) is 1.54. The third-order valence-corrected chi connectivity index (χ3v) is 8.67. The molecule has 4 fully saturated rings. The smallest absolute Gasteiger partial charge is 0.315 e. The number of likely N-dealkylation sites (N-methyl/N-ethyl adjacent to an activating group) is 1. The summed E-state index contributed by atoms with van der Waals surface area (Å²) in [6, 6.07) is 5.79. The zero-order chi connectivity index (χ0) is 19.5. The lowest BCUT2D eigenvalue weighted by molar-refractivity contribution is -0.184. The van der Waals surface area contributed by atoms with Crippen LogP contribution in [0.2, 0.25) is 0 Å². The third-order valence-electron chi connectivity index (χ3n) is 8.67. The lowest BCUT2D eigenvalue weighted by Gasteiger charge is -2.66. The first-order valence-electron chi connectivity index (χ1n) is 10.2. The molecule has 0 amide bonds. The maximum atomic E-state index is 13.6. The van der Waals surface area contributed by atoms with Gasteiger partial charge in [0.05, 0.1) is 25.2 Å². The standard InChI is InChI=1S/C22H26N2O4/c1-4-13-11-24-8-7-21-16-9-14(25)5-6-17(16)23(2)22(21)18(24)10-15(13)20(21,12-28-22)19(26)27-3/h4-6,9,15,18,25H,7-8,10-12H2,1-3H3/b13-4-/t15-,18-,20-,21?,22?/m0/s1. The second-order valence-electron chi connectivity index (χ2n) is 9.00. The molecule has 5 aliphatic rings. The number of esters is 1. The van der Waals surface area contributed by atoms with Crippen LogP contribution in [0.3, 0.4) is 0 Å². The first-order chi connectivity index (χ1) is 13.5. The number of methoxy groups -OCH3 is 1. The molecule has 5 bridgehead atoms. The van der Waals surface area contributed by atoms with Crippen molar-refractivity contribution in [1.29, 1.82) is 0 Å². The SMILES string of the molecule is C/C=C1/CN2CCC34c5cc(O)ccc5N(C)C35OC[C@@]4(C(=O)OC)[C@H]1C[C@H]25. The predicted molar refractivity (Wildman–Crippen MR) is 103 cm³/mol. The van der Waals surface area contributed by atoms with Crippen LogP contribution in [0.25, 0.3) is 0 Å². The number of nitrogens with zero attached hydrogens (tertiary/aromatic N) is 2. The number of rotatable bonds is 1. The number of phenols is 1. The van der Waals surface area contributed by atoms with Crippen molar-refractivity contribution in [2.24, 2.45) is 11.3 Å². The van der Waals surface area contributed by atoms with E-state index in [1.165, 1.54) is 12.7 Å². The number of aromatic hydroxyl groups is 1. The van der Waals surface area contributed by atoms with Crippen LogP contribution in [0.4, 0.5) is 5.69 Å². The lowest BCUT2D eigenvalue weighted by Crippen LogP contribution is -2.80. The van der Waals surface area contributed by atoms with E-state index in [1.54, 1.807) is 6.07 Å². The average molecular weight is 382 g/mol. The van der Waals surface area contributed by atoms with Gasteiger partial charge in [-0.15, -0.1) is 0 Å². The van der Waals surface area contributed by atoms with Crippen molar-refractivity contribution in [2.45, 2.75) is 36.9 Å². The molecule has 4 heterocycles. The first kappa shape index (κ1) is 16.9. The van der Waals surface area contributed by atoms with Crippen LogP contribution in [-0.4, -0.2) is 61.6 Å². The van der Waals surface area contributed by atoms with Crippen molar-refractivity contribution >= 4 is 11.7 Å². The molecule has 1 N–H and O–H groups in total. The summed E-state index contributed by atoms with van der Waals surface area (Å²) in [4.78, 5) is 18.4. The molecule has 6 heteroatoms. The second-order valence-corrected chi connectivity index (χ2v) is 9.00. The van der Waals surface area contributed by atoms with E-state index >= 15 is 0 Å². The van der Waals surface area contributed by atoms with Gasteiger partial charge in [-0.3, -0.25) is 9.69 Å². The Morgan fingerprint density at radius 2 is 2.25 bits per heavy atom. The Morgan fingerprint density at radius 1 is 1.43 bits per heavy atom. The quantitative estimate of drug-likeness (QED) is 0.592. The lowest BCUT2D eigenvalue weighted by atomic mass is 9.43. The fourth-order valence-electron chi connectivity index (χ4n) is 7.78. The fraction of sp³-hybridized carbons (Fsp3) is 0.591. The largest absolute Gasteiger partial charge is 0.508 e.